The lowest BCUT2D eigenvalue weighted by Crippen LogP contribution is -2.69. The van der Waals surface area contributed by atoms with Gasteiger partial charge in [-0.2, -0.15) is 0 Å². The van der Waals surface area contributed by atoms with E-state index in [1.165, 1.54) is 29.2 Å². The van der Waals surface area contributed by atoms with Gasteiger partial charge in [-0.15, -0.1) is 6.58 Å². The number of likely N-dealkylation sites (N-methyl/N-ethyl adjacent to an activating group) is 1. The number of aliphatic hydroxyl groups is 2. The minimum absolute atomic E-state index is 0.0212. The minimum atomic E-state index is -1.49. The molecule has 0 saturated heterocycles. The Kier molecular flexibility index (Phi) is 14.3. The standard InChI is InChI=1S/C46H58N4O10/c1-7-25-57-46-41(49(6)44(53)58-34-19-17-33(18-20-34)50(54)55)28-39(48-60-45(3,4)5)37-26-31(14-8-10-23-51)36(16-9-11-24-52)42(43(37)46)38-27-35(21-22-40(38)59-46)56-29-32-15-12-13-30(2)47-32/h7,12-13,15,17-22,26-27,31,36,41-43,51-52H,1,8-11,14,16,23-25,28-29H2,2-6H3/t31-,36+,41-,42+,43+,46+/m0/s1. The summed E-state index contributed by atoms with van der Waals surface area (Å²) in [5.74, 6) is -0.832. The van der Waals surface area contributed by atoms with Crippen molar-refractivity contribution in [3.05, 3.63) is 112 Å². The zero-order valence-electron chi connectivity index (χ0n) is 35.2. The van der Waals surface area contributed by atoms with Crippen molar-refractivity contribution in [2.75, 3.05) is 26.9 Å². The maximum atomic E-state index is 14.2. The van der Waals surface area contributed by atoms with Crippen molar-refractivity contribution < 1.29 is 43.7 Å². The van der Waals surface area contributed by atoms with Crippen LogP contribution in [0.15, 0.2) is 90.1 Å². The topological polar surface area (TPSA) is 175 Å². The fourth-order valence-electron chi connectivity index (χ4n) is 8.78. The predicted molar refractivity (Wildman–Crippen MR) is 226 cm³/mol. The van der Waals surface area contributed by atoms with E-state index in [9.17, 15) is 25.1 Å². The monoisotopic (exact) mass is 826 g/mol. The van der Waals surface area contributed by atoms with Crippen molar-refractivity contribution in [1.82, 2.24) is 9.88 Å². The lowest BCUT2D eigenvalue weighted by Gasteiger charge is -2.59. The van der Waals surface area contributed by atoms with E-state index in [0.29, 0.717) is 30.1 Å². The van der Waals surface area contributed by atoms with Gasteiger partial charge >= 0.3 is 6.09 Å². The fraction of sp³-hybridized carbons (Fsp3) is 0.500. The van der Waals surface area contributed by atoms with E-state index in [1.807, 2.05) is 64.1 Å². The first-order chi connectivity index (χ1) is 28.8. The van der Waals surface area contributed by atoms with Gasteiger partial charge in [0.1, 0.15) is 35.5 Å². The number of nitro groups is 1. The number of carbonyl (C=O) groups is 1. The predicted octanol–water partition coefficient (Wildman–Crippen LogP) is 8.44. The smallest absolute Gasteiger partial charge is 0.415 e. The molecule has 1 fully saturated rings. The molecule has 0 unspecified atom stereocenters. The van der Waals surface area contributed by atoms with Gasteiger partial charge < -0.3 is 38.9 Å². The molecule has 3 aliphatic rings. The third kappa shape index (κ3) is 9.99. The quantitative estimate of drug-likeness (QED) is 0.0545. The number of hydrogen-bond donors (Lipinski definition) is 2. The van der Waals surface area contributed by atoms with Crippen LogP contribution in [0.2, 0.25) is 0 Å². The van der Waals surface area contributed by atoms with Crippen molar-refractivity contribution >= 4 is 17.5 Å². The SMILES string of the molecule is C=CCO[C@@]12Oc3ccc(OCc4cccc(C)n4)cc3[C@H]3[C@H](CCCCO)[C@@H](CCCCO)C=C(C(=NOC(C)(C)C)C[C@@H]1N(C)C(=O)Oc1ccc([N+](=O)[O-])cc1)[C@H]32. The van der Waals surface area contributed by atoms with Gasteiger partial charge in [0.25, 0.3) is 5.69 Å². The molecule has 0 spiro atoms. The molecule has 1 aromatic heterocycles. The first-order valence-electron chi connectivity index (χ1n) is 20.8. The van der Waals surface area contributed by atoms with Gasteiger partial charge in [0.2, 0.25) is 5.79 Å². The molecular formula is C46H58N4O10. The van der Waals surface area contributed by atoms with Gasteiger partial charge in [-0.1, -0.05) is 36.2 Å². The number of aromatic nitrogens is 1. The maximum absolute atomic E-state index is 14.2. The van der Waals surface area contributed by atoms with Crippen LogP contribution in [0.1, 0.15) is 88.6 Å². The molecule has 1 saturated carbocycles. The number of rotatable bonds is 18. The summed E-state index contributed by atoms with van der Waals surface area (Å²) < 4.78 is 26.4. The van der Waals surface area contributed by atoms with Gasteiger partial charge in [-0.05, 0) is 113 Å². The summed E-state index contributed by atoms with van der Waals surface area (Å²) in [4.78, 5) is 37.2. The van der Waals surface area contributed by atoms with E-state index in [-0.39, 0.29) is 62.0 Å². The van der Waals surface area contributed by atoms with E-state index in [1.54, 1.807) is 13.1 Å². The number of non-ortho nitro benzene ring substituents is 1. The average molecular weight is 827 g/mol. The van der Waals surface area contributed by atoms with Gasteiger partial charge in [-0.3, -0.25) is 15.1 Å². The summed E-state index contributed by atoms with van der Waals surface area (Å²) in [6, 6.07) is 16.1. The largest absolute Gasteiger partial charge is 0.487 e. The highest BCUT2D eigenvalue weighted by Crippen LogP contribution is 2.62. The number of oxime groups is 1. The summed E-state index contributed by atoms with van der Waals surface area (Å²) >= 11 is 0. The number of benzene rings is 2. The van der Waals surface area contributed by atoms with Crippen LogP contribution in [0, 0.1) is 34.8 Å². The first kappa shape index (κ1) is 44.2. The second kappa shape index (κ2) is 19.4. The van der Waals surface area contributed by atoms with Crippen molar-refractivity contribution in [2.45, 2.75) is 103 Å². The van der Waals surface area contributed by atoms with Crippen molar-refractivity contribution in [3.8, 4) is 17.2 Å². The second-order valence-corrected chi connectivity index (χ2v) is 16.8. The maximum Gasteiger partial charge on any atom is 0.415 e. The number of aliphatic hydroxyl groups excluding tert-OH is 2. The Labute approximate surface area is 352 Å². The molecule has 3 aromatic rings. The molecule has 2 heterocycles. The van der Waals surface area contributed by atoms with E-state index in [0.717, 1.165) is 48.2 Å². The highest BCUT2D eigenvalue weighted by molar-refractivity contribution is 6.03. The molecule has 1 aliphatic heterocycles. The van der Waals surface area contributed by atoms with Crippen molar-refractivity contribution in [2.24, 2.45) is 22.9 Å². The molecular weight excluding hydrogens is 769 g/mol. The van der Waals surface area contributed by atoms with Crippen molar-refractivity contribution in [3.63, 3.8) is 0 Å². The van der Waals surface area contributed by atoms with E-state index in [4.69, 9.17) is 28.9 Å². The summed E-state index contributed by atoms with van der Waals surface area (Å²) in [5.41, 5.74) is 3.39. The number of hydrogen-bond acceptors (Lipinski definition) is 12. The second-order valence-electron chi connectivity index (χ2n) is 16.8. The summed E-state index contributed by atoms with van der Waals surface area (Å²) in [7, 11) is 1.62. The normalized spacial score (nSPS) is 23.7. The van der Waals surface area contributed by atoms with Crippen molar-refractivity contribution in [1.29, 1.82) is 0 Å². The Morgan fingerprint density at radius 2 is 1.78 bits per heavy atom. The number of ether oxygens (including phenoxy) is 4. The number of unbranched alkanes of at least 4 members (excludes halogenated alkanes) is 2. The van der Waals surface area contributed by atoms with Crippen LogP contribution in [0.4, 0.5) is 10.5 Å². The Morgan fingerprint density at radius 1 is 1.07 bits per heavy atom. The van der Waals surface area contributed by atoms with Gasteiger partial charge in [0.15, 0.2) is 0 Å². The third-order valence-electron chi connectivity index (χ3n) is 11.4. The highest BCUT2D eigenvalue weighted by Gasteiger charge is 2.65. The molecule has 2 aromatic carbocycles. The Balaban J connectivity index is 1.52. The Bertz CT molecular complexity index is 2050. The molecule has 2 N–H and O–H groups in total. The molecule has 1 amide bonds. The molecule has 0 bridgehead atoms. The molecule has 6 rings (SSSR count). The lowest BCUT2D eigenvalue weighted by molar-refractivity contribution is -0.384. The van der Waals surface area contributed by atoms with E-state index >= 15 is 0 Å². The van der Waals surface area contributed by atoms with Crippen LogP contribution in [0.25, 0.3) is 0 Å². The number of nitro benzene ring substituents is 1. The molecule has 14 heteroatoms. The van der Waals surface area contributed by atoms with Crippen LogP contribution in [-0.2, 0) is 16.2 Å². The zero-order valence-corrected chi connectivity index (χ0v) is 35.2. The number of pyridine rings is 1. The minimum Gasteiger partial charge on any atom is -0.487 e. The number of fused-ring (bicyclic) bond motifs is 2. The van der Waals surface area contributed by atoms with Gasteiger partial charge in [0, 0.05) is 56.0 Å². The van der Waals surface area contributed by atoms with Crippen LogP contribution >= 0.6 is 0 Å². The molecule has 322 valence electrons. The number of nitrogens with zero attached hydrogens (tertiary/aromatic N) is 4. The molecule has 0 radical (unpaired) electrons. The third-order valence-corrected chi connectivity index (χ3v) is 11.4. The summed E-state index contributed by atoms with van der Waals surface area (Å²) in [6.45, 7) is 12.2. The Morgan fingerprint density at radius 3 is 2.45 bits per heavy atom. The number of amides is 1. The molecule has 60 heavy (non-hydrogen) atoms. The summed E-state index contributed by atoms with van der Waals surface area (Å²) in [5, 5.41) is 35.9. The van der Waals surface area contributed by atoms with Crippen LogP contribution < -0.4 is 14.2 Å². The van der Waals surface area contributed by atoms with Crippen LogP contribution in [-0.4, -0.2) is 81.1 Å². The highest BCUT2D eigenvalue weighted by atomic mass is 16.7. The number of aryl methyl sites for hydroxylation is 1. The molecule has 2 aliphatic carbocycles. The van der Waals surface area contributed by atoms with E-state index < -0.39 is 34.4 Å². The zero-order chi connectivity index (χ0) is 43.0. The average Bonchev–Trinajstić information content (AvgIpc) is 3.22. The first-order valence-corrected chi connectivity index (χ1v) is 20.8. The fourth-order valence-corrected chi connectivity index (χ4v) is 8.78. The summed E-state index contributed by atoms with van der Waals surface area (Å²) in [6.07, 6.45) is 7.83. The van der Waals surface area contributed by atoms with Gasteiger partial charge in [0.05, 0.1) is 28.9 Å². The molecule has 6 atom stereocenters. The number of carbonyl (C=O) groups excluding carboxylic acids is 1. The number of allylic oxidation sites excluding steroid dienone is 1. The van der Waals surface area contributed by atoms with Gasteiger partial charge in [-0.25, -0.2) is 4.79 Å². The Hall–Kier alpha value is -5.31. The van der Waals surface area contributed by atoms with Crippen LogP contribution in [0.5, 0.6) is 17.2 Å². The van der Waals surface area contributed by atoms with Crippen LogP contribution in [0.3, 0.4) is 0 Å². The lowest BCUT2D eigenvalue weighted by atomic mass is 9.55. The molecule has 14 nitrogen and oxygen atoms in total. The van der Waals surface area contributed by atoms with E-state index in [2.05, 4.69) is 17.6 Å².